The summed E-state index contributed by atoms with van der Waals surface area (Å²) in [5, 5.41) is 31.0. The second kappa shape index (κ2) is 4.94. The Morgan fingerprint density at radius 3 is 2.73 bits per heavy atom. The van der Waals surface area contributed by atoms with Crippen LogP contribution >= 0.6 is 0 Å². The van der Waals surface area contributed by atoms with Gasteiger partial charge in [-0.1, -0.05) is 0 Å². The Bertz CT molecular complexity index is 814. The molecule has 2 aromatic rings. The molecule has 0 aliphatic carbocycles. The first kappa shape index (κ1) is 14.2. The van der Waals surface area contributed by atoms with E-state index in [9.17, 15) is 24.7 Å². The molecule has 4 atom stereocenters. The summed E-state index contributed by atoms with van der Waals surface area (Å²) in [7, 11) is 0. The number of imidazole rings is 1. The second-order valence-electron chi connectivity index (χ2n) is 4.57. The quantitative estimate of drug-likeness (QED) is 0.476. The van der Waals surface area contributed by atoms with Gasteiger partial charge in [-0.2, -0.15) is 4.98 Å². The minimum Gasteiger partial charge on any atom is -0.479 e. The van der Waals surface area contributed by atoms with E-state index in [-0.39, 0.29) is 11.2 Å². The highest BCUT2D eigenvalue weighted by molar-refractivity contribution is 5.74. The zero-order valence-electron chi connectivity index (χ0n) is 10.7. The lowest BCUT2D eigenvalue weighted by Gasteiger charge is -2.16. The van der Waals surface area contributed by atoms with Crippen LogP contribution in [0.2, 0.25) is 0 Å². The summed E-state index contributed by atoms with van der Waals surface area (Å²) in [5.41, 5.74) is -1.03. The Morgan fingerprint density at radius 1 is 1.41 bits per heavy atom. The number of ether oxygens (including phenoxy) is 1. The number of nitroso groups, excluding NO2 is 1. The highest BCUT2D eigenvalue weighted by Crippen LogP contribution is 2.31. The Kier molecular flexibility index (Phi) is 3.20. The van der Waals surface area contributed by atoms with E-state index < -0.39 is 42.0 Å². The van der Waals surface area contributed by atoms with Gasteiger partial charge in [-0.3, -0.25) is 14.3 Å². The average molecular weight is 311 g/mol. The molecule has 0 bridgehead atoms. The Balaban J connectivity index is 2.11. The van der Waals surface area contributed by atoms with Gasteiger partial charge >= 0.3 is 5.97 Å². The van der Waals surface area contributed by atoms with Crippen LogP contribution in [-0.2, 0) is 9.53 Å². The molecule has 0 aromatic carbocycles. The van der Waals surface area contributed by atoms with Gasteiger partial charge in [-0.05, 0) is 0 Å². The lowest BCUT2D eigenvalue weighted by Crippen LogP contribution is -2.35. The molecule has 22 heavy (non-hydrogen) atoms. The fraction of sp³-hybridized carbons (Fsp3) is 0.400. The van der Waals surface area contributed by atoms with Crippen molar-refractivity contribution in [1.82, 2.24) is 19.5 Å². The maximum absolute atomic E-state index is 11.7. The van der Waals surface area contributed by atoms with Crippen molar-refractivity contribution in [2.24, 2.45) is 5.18 Å². The van der Waals surface area contributed by atoms with E-state index in [0.717, 1.165) is 10.9 Å². The third-order valence-corrected chi connectivity index (χ3v) is 3.26. The monoisotopic (exact) mass is 311 g/mol. The minimum atomic E-state index is -1.68. The van der Waals surface area contributed by atoms with Gasteiger partial charge in [0.05, 0.1) is 6.33 Å². The molecule has 116 valence electrons. The van der Waals surface area contributed by atoms with Crippen LogP contribution in [0.1, 0.15) is 6.23 Å². The number of fused-ring (bicyclic) bond motifs is 1. The highest BCUT2D eigenvalue weighted by Gasteiger charge is 2.48. The van der Waals surface area contributed by atoms with Crippen molar-refractivity contribution in [3.05, 3.63) is 21.6 Å². The molecule has 12 heteroatoms. The van der Waals surface area contributed by atoms with Crippen LogP contribution in [0.3, 0.4) is 0 Å². The van der Waals surface area contributed by atoms with Crippen molar-refractivity contribution < 1.29 is 24.9 Å². The molecule has 1 aliphatic rings. The number of nitrogens with zero attached hydrogens (tertiary/aromatic N) is 4. The number of aliphatic hydroxyl groups is 2. The zero-order chi connectivity index (χ0) is 16.0. The number of nitrogens with one attached hydrogen (secondary N) is 1. The largest absolute Gasteiger partial charge is 0.479 e. The normalized spacial score (nSPS) is 28.1. The summed E-state index contributed by atoms with van der Waals surface area (Å²) in [6.45, 7) is 0. The summed E-state index contributed by atoms with van der Waals surface area (Å²) in [4.78, 5) is 42.7. The van der Waals surface area contributed by atoms with Gasteiger partial charge in [-0.15, -0.1) is 4.91 Å². The zero-order valence-corrected chi connectivity index (χ0v) is 10.7. The maximum Gasteiger partial charge on any atom is 0.335 e. The first-order valence-electron chi connectivity index (χ1n) is 5.98. The number of carbonyl (C=O) groups is 1. The molecule has 2 aromatic heterocycles. The molecule has 3 heterocycles. The molecule has 0 saturated carbocycles. The van der Waals surface area contributed by atoms with E-state index in [1.807, 2.05) is 0 Å². The third-order valence-electron chi connectivity index (χ3n) is 3.26. The average Bonchev–Trinajstić information content (AvgIpc) is 3.02. The van der Waals surface area contributed by atoms with Crippen LogP contribution in [0.15, 0.2) is 16.3 Å². The molecule has 4 N–H and O–H groups in total. The van der Waals surface area contributed by atoms with Gasteiger partial charge < -0.3 is 20.1 Å². The first-order valence-corrected chi connectivity index (χ1v) is 5.98. The number of aliphatic carboxylic acids is 1. The molecule has 12 nitrogen and oxygen atoms in total. The first-order chi connectivity index (χ1) is 10.4. The maximum atomic E-state index is 11.7. The fourth-order valence-electron chi connectivity index (χ4n) is 2.24. The number of carboxylic acid groups (broad SMARTS) is 1. The molecule has 0 unspecified atom stereocenters. The van der Waals surface area contributed by atoms with Crippen molar-refractivity contribution >= 4 is 23.1 Å². The number of aromatic amines is 1. The summed E-state index contributed by atoms with van der Waals surface area (Å²) < 4.78 is 6.13. The van der Waals surface area contributed by atoms with Crippen molar-refractivity contribution in [2.45, 2.75) is 24.5 Å². The van der Waals surface area contributed by atoms with E-state index in [0.29, 0.717) is 0 Å². The van der Waals surface area contributed by atoms with Crippen LogP contribution in [-0.4, -0.2) is 59.1 Å². The van der Waals surface area contributed by atoms with Crippen molar-refractivity contribution in [3.63, 3.8) is 0 Å². The van der Waals surface area contributed by atoms with Crippen LogP contribution in [0.25, 0.3) is 11.2 Å². The minimum absolute atomic E-state index is 0.138. The third kappa shape index (κ3) is 1.97. The fourth-order valence-corrected chi connectivity index (χ4v) is 2.24. The molecule has 0 radical (unpaired) electrons. The van der Waals surface area contributed by atoms with Crippen LogP contribution in [0.4, 0.5) is 5.95 Å². The molecule has 1 fully saturated rings. The van der Waals surface area contributed by atoms with Gasteiger partial charge in [0, 0.05) is 5.18 Å². The predicted molar refractivity (Wildman–Crippen MR) is 67.2 cm³/mol. The van der Waals surface area contributed by atoms with Crippen LogP contribution < -0.4 is 5.56 Å². The number of hydrogen-bond acceptors (Lipinski definition) is 9. The van der Waals surface area contributed by atoms with E-state index in [2.05, 4.69) is 20.1 Å². The molecule has 1 saturated heterocycles. The van der Waals surface area contributed by atoms with E-state index >= 15 is 0 Å². The van der Waals surface area contributed by atoms with Gasteiger partial charge in [0.2, 0.25) is 0 Å². The SMILES string of the molecule is O=Nc1nc2c(ncn2[C@@H]2O[C@H](C(=O)O)[C@@H](O)[C@H]2O)c(=O)[nH]1. The predicted octanol–water partition coefficient (Wildman–Crippen LogP) is -1.78. The summed E-state index contributed by atoms with van der Waals surface area (Å²) >= 11 is 0. The molecule has 3 rings (SSSR count). The van der Waals surface area contributed by atoms with Crippen molar-refractivity contribution in [1.29, 1.82) is 0 Å². The topological polar surface area (TPSA) is 180 Å². The lowest BCUT2D eigenvalue weighted by molar-refractivity contribution is -0.155. The highest BCUT2D eigenvalue weighted by atomic mass is 16.6. The Morgan fingerprint density at radius 2 is 2.14 bits per heavy atom. The number of hydrogen-bond donors (Lipinski definition) is 4. The number of aliphatic hydroxyl groups excluding tert-OH is 2. The summed E-state index contributed by atoms with van der Waals surface area (Å²) in [6.07, 6.45) is -5.18. The molecule has 0 spiro atoms. The van der Waals surface area contributed by atoms with Gasteiger partial charge in [0.1, 0.15) is 12.2 Å². The standard InChI is InChI=1S/C10H9N5O7/c16-3-4(17)8(22-5(3)9(19)20)15-1-11-2-6(15)12-10(14-21)13-7(2)18/h1,3-5,8,16-17H,(H,19,20)(H,12,13,18)/t3-,4+,5-,8+/m0/s1. The lowest BCUT2D eigenvalue weighted by atomic mass is 10.1. The van der Waals surface area contributed by atoms with E-state index in [1.54, 1.807) is 0 Å². The number of H-pyrrole nitrogens is 1. The van der Waals surface area contributed by atoms with Crippen LogP contribution in [0.5, 0.6) is 0 Å². The molecular formula is C10H9N5O7. The van der Waals surface area contributed by atoms with Gasteiger partial charge in [-0.25, -0.2) is 9.78 Å². The van der Waals surface area contributed by atoms with E-state index in [4.69, 9.17) is 9.84 Å². The Labute approximate surface area is 120 Å². The van der Waals surface area contributed by atoms with Gasteiger partial charge in [0.15, 0.2) is 23.5 Å². The summed E-state index contributed by atoms with van der Waals surface area (Å²) in [6, 6.07) is 0. The van der Waals surface area contributed by atoms with E-state index in [1.165, 1.54) is 0 Å². The number of carboxylic acids is 1. The smallest absolute Gasteiger partial charge is 0.335 e. The van der Waals surface area contributed by atoms with Crippen molar-refractivity contribution in [3.8, 4) is 0 Å². The van der Waals surface area contributed by atoms with Crippen LogP contribution in [0, 0.1) is 4.91 Å². The Hall–Kier alpha value is -2.70. The van der Waals surface area contributed by atoms with Crippen molar-refractivity contribution in [2.75, 3.05) is 0 Å². The van der Waals surface area contributed by atoms with Gasteiger partial charge in [0.25, 0.3) is 11.5 Å². The summed E-state index contributed by atoms with van der Waals surface area (Å²) in [5.74, 6) is -1.97. The number of aromatic nitrogens is 4. The molecule has 0 amide bonds. The number of rotatable bonds is 3. The molecule has 1 aliphatic heterocycles. The molecular weight excluding hydrogens is 302 g/mol. The second-order valence-corrected chi connectivity index (χ2v) is 4.57.